The van der Waals surface area contributed by atoms with Crippen molar-refractivity contribution < 1.29 is 14.9 Å². The highest BCUT2D eigenvalue weighted by Gasteiger charge is 2.40. The van der Waals surface area contributed by atoms with E-state index in [9.17, 15) is 10.2 Å². The van der Waals surface area contributed by atoms with Gasteiger partial charge >= 0.3 is 0 Å². The zero-order valence-corrected chi connectivity index (χ0v) is 12.4. The van der Waals surface area contributed by atoms with Crippen molar-refractivity contribution in [3.8, 4) is 0 Å². The second kappa shape index (κ2) is 6.40. The largest absolute Gasteiger partial charge is 0.400 e. The highest BCUT2D eigenvalue weighted by atomic mass is 16.6. The van der Waals surface area contributed by atoms with Gasteiger partial charge < -0.3 is 14.9 Å². The van der Waals surface area contributed by atoms with Crippen LogP contribution in [0.4, 0.5) is 0 Å². The summed E-state index contributed by atoms with van der Waals surface area (Å²) in [5, 5.41) is 20.2. The molecule has 3 unspecified atom stereocenters. The van der Waals surface area contributed by atoms with Gasteiger partial charge in [-0.2, -0.15) is 0 Å². The minimum absolute atomic E-state index is 0.245. The number of hydrogen-bond acceptors (Lipinski definition) is 3. The van der Waals surface area contributed by atoms with Crippen LogP contribution in [0.3, 0.4) is 0 Å². The number of aliphatic hydroxyl groups excluding tert-OH is 2. The molecule has 2 N–H and O–H groups in total. The summed E-state index contributed by atoms with van der Waals surface area (Å²) in [6, 6.07) is -0.532. The fourth-order valence-corrected chi connectivity index (χ4v) is 2.72. The van der Waals surface area contributed by atoms with Crippen LogP contribution in [0.15, 0.2) is 0 Å². The van der Waals surface area contributed by atoms with Crippen molar-refractivity contribution in [1.82, 2.24) is 0 Å². The summed E-state index contributed by atoms with van der Waals surface area (Å²) in [6.45, 7) is 10.6. The Morgan fingerprint density at radius 2 is 1.94 bits per heavy atom. The van der Waals surface area contributed by atoms with E-state index in [-0.39, 0.29) is 11.5 Å². The molecule has 1 aliphatic rings. The lowest BCUT2D eigenvalue weighted by molar-refractivity contribution is -0.221. The number of hydrogen-bond donors (Lipinski definition) is 2. The standard InChI is InChI=1S/C14H28BO3/c1-9(2)8-14(5,10(3)4)13(17)18-11-6-7-15-12(11)16/h9-13,16-17H,6-8H2,1-5H3/t11?,12?,13-,14?/m1/s1. The molecule has 18 heavy (non-hydrogen) atoms. The van der Waals surface area contributed by atoms with Crippen molar-refractivity contribution in [2.24, 2.45) is 17.3 Å². The van der Waals surface area contributed by atoms with Crippen LogP contribution in [0.1, 0.15) is 47.5 Å². The smallest absolute Gasteiger partial charge is 0.160 e. The molecule has 0 aromatic rings. The van der Waals surface area contributed by atoms with Gasteiger partial charge in [-0.3, -0.25) is 0 Å². The monoisotopic (exact) mass is 255 g/mol. The van der Waals surface area contributed by atoms with E-state index in [0.717, 1.165) is 19.2 Å². The highest BCUT2D eigenvalue weighted by molar-refractivity contribution is 6.38. The Kier molecular flexibility index (Phi) is 5.69. The molecule has 4 heteroatoms. The molecule has 1 rings (SSSR count). The molecule has 0 aromatic heterocycles. The third-order valence-corrected chi connectivity index (χ3v) is 4.28. The Morgan fingerprint density at radius 3 is 2.33 bits per heavy atom. The number of aliphatic hydroxyl groups is 2. The van der Waals surface area contributed by atoms with Crippen LogP contribution in [0.25, 0.3) is 0 Å². The summed E-state index contributed by atoms with van der Waals surface area (Å²) in [6.07, 6.45) is 1.52. The van der Waals surface area contributed by atoms with E-state index in [1.165, 1.54) is 0 Å². The highest BCUT2D eigenvalue weighted by Crippen LogP contribution is 2.39. The van der Waals surface area contributed by atoms with Crippen LogP contribution in [-0.2, 0) is 4.74 Å². The first kappa shape index (κ1) is 16.0. The second-order valence-electron chi connectivity index (χ2n) is 6.59. The molecule has 0 bridgehead atoms. The van der Waals surface area contributed by atoms with Crippen LogP contribution >= 0.6 is 0 Å². The van der Waals surface area contributed by atoms with Crippen LogP contribution in [0.2, 0.25) is 6.32 Å². The van der Waals surface area contributed by atoms with Crippen molar-refractivity contribution in [2.75, 3.05) is 0 Å². The summed E-state index contributed by atoms with van der Waals surface area (Å²) >= 11 is 0. The molecule has 0 amide bonds. The van der Waals surface area contributed by atoms with E-state index >= 15 is 0 Å². The number of ether oxygens (including phenoxy) is 1. The van der Waals surface area contributed by atoms with Crippen molar-refractivity contribution in [3.05, 3.63) is 0 Å². The first-order chi connectivity index (χ1) is 8.27. The molecular weight excluding hydrogens is 227 g/mol. The molecule has 1 radical (unpaired) electrons. The average molecular weight is 255 g/mol. The SMILES string of the molecule is CC(C)CC(C)(C(C)C)[C@H](O)OC1CC[B]C1O. The molecule has 0 aliphatic carbocycles. The predicted molar refractivity (Wildman–Crippen MR) is 74.5 cm³/mol. The lowest BCUT2D eigenvalue weighted by atomic mass is 9.72. The van der Waals surface area contributed by atoms with E-state index < -0.39 is 12.3 Å². The lowest BCUT2D eigenvalue weighted by Crippen LogP contribution is -2.43. The lowest BCUT2D eigenvalue weighted by Gasteiger charge is -2.40. The minimum atomic E-state index is -0.814. The Labute approximate surface area is 112 Å². The van der Waals surface area contributed by atoms with Gasteiger partial charge in [0, 0.05) is 11.4 Å². The summed E-state index contributed by atoms with van der Waals surface area (Å²) < 4.78 is 5.73. The maximum atomic E-state index is 10.4. The summed E-state index contributed by atoms with van der Waals surface area (Å²) in [7, 11) is 1.85. The van der Waals surface area contributed by atoms with Crippen molar-refractivity contribution in [2.45, 2.75) is 72.2 Å². The Balaban J connectivity index is 2.67. The summed E-state index contributed by atoms with van der Waals surface area (Å²) in [5.74, 6) is 0.841. The third-order valence-electron chi connectivity index (χ3n) is 4.28. The maximum Gasteiger partial charge on any atom is 0.160 e. The maximum absolute atomic E-state index is 10.4. The Bertz CT molecular complexity index is 257. The molecule has 1 aliphatic heterocycles. The van der Waals surface area contributed by atoms with Gasteiger partial charge in [0.15, 0.2) is 13.6 Å². The van der Waals surface area contributed by atoms with Gasteiger partial charge in [-0.25, -0.2) is 0 Å². The van der Waals surface area contributed by atoms with Gasteiger partial charge in [0.25, 0.3) is 0 Å². The Hall–Kier alpha value is -0.0551. The molecule has 1 heterocycles. The number of rotatable bonds is 6. The molecule has 3 nitrogen and oxygen atoms in total. The van der Waals surface area contributed by atoms with E-state index in [1.54, 1.807) is 0 Å². The van der Waals surface area contributed by atoms with Crippen LogP contribution < -0.4 is 0 Å². The quantitative estimate of drug-likeness (QED) is 0.565. The van der Waals surface area contributed by atoms with Gasteiger partial charge in [0.1, 0.15) is 0 Å². The van der Waals surface area contributed by atoms with E-state index in [1.807, 2.05) is 7.28 Å². The van der Waals surface area contributed by atoms with Crippen LogP contribution in [0.5, 0.6) is 0 Å². The van der Waals surface area contributed by atoms with E-state index in [4.69, 9.17) is 4.74 Å². The zero-order valence-electron chi connectivity index (χ0n) is 12.4. The van der Waals surface area contributed by atoms with Gasteiger partial charge in [-0.15, -0.1) is 0 Å². The van der Waals surface area contributed by atoms with E-state index in [2.05, 4.69) is 34.6 Å². The van der Waals surface area contributed by atoms with Crippen molar-refractivity contribution >= 4 is 7.28 Å². The fourth-order valence-electron chi connectivity index (χ4n) is 2.72. The fraction of sp³-hybridized carbons (Fsp3) is 1.00. The topological polar surface area (TPSA) is 49.7 Å². The van der Waals surface area contributed by atoms with Crippen LogP contribution in [0, 0.1) is 17.3 Å². The molecule has 0 aromatic carbocycles. The van der Waals surface area contributed by atoms with Gasteiger partial charge in [-0.1, -0.05) is 40.9 Å². The van der Waals surface area contributed by atoms with Gasteiger partial charge in [0.05, 0.1) is 6.10 Å². The summed E-state index contributed by atoms with van der Waals surface area (Å²) in [4.78, 5) is 0. The molecule has 1 saturated heterocycles. The second-order valence-corrected chi connectivity index (χ2v) is 6.59. The molecular formula is C14H28BO3. The van der Waals surface area contributed by atoms with Crippen LogP contribution in [-0.4, -0.2) is 35.9 Å². The predicted octanol–water partition coefficient (Wildman–Crippen LogP) is 2.24. The first-order valence-electron chi connectivity index (χ1n) is 7.12. The third kappa shape index (κ3) is 3.72. The van der Waals surface area contributed by atoms with E-state index in [0.29, 0.717) is 11.8 Å². The molecule has 0 saturated carbocycles. The van der Waals surface area contributed by atoms with Crippen molar-refractivity contribution in [1.29, 1.82) is 0 Å². The zero-order chi connectivity index (χ0) is 13.9. The van der Waals surface area contributed by atoms with Gasteiger partial charge in [0.2, 0.25) is 0 Å². The normalized spacial score (nSPS) is 29.4. The first-order valence-corrected chi connectivity index (χ1v) is 7.12. The molecule has 1 fully saturated rings. The van der Waals surface area contributed by atoms with Gasteiger partial charge in [-0.05, 0) is 24.7 Å². The molecule has 105 valence electrons. The average Bonchev–Trinajstić information content (AvgIpc) is 2.63. The van der Waals surface area contributed by atoms with Crippen molar-refractivity contribution in [3.63, 3.8) is 0 Å². The molecule has 4 atom stereocenters. The molecule has 0 spiro atoms. The Morgan fingerprint density at radius 1 is 1.33 bits per heavy atom. The summed E-state index contributed by atoms with van der Waals surface area (Å²) in [5.41, 5.74) is -0.267. The minimum Gasteiger partial charge on any atom is -0.400 e.